The van der Waals surface area contributed by atoms with Gasteiger partial charge < -0.3 is 11.1 Å². The van der Waals surface area contributed by atoms with Crippen LogP contribution in [0.3, 0.4) is 0 Å². The largest absolute Gasteiger partial charge is 0.319 e. The molecule has 0 aliphatic rings. The first-order valence-corrected chi connectivity index (χ1v) is 5.94. The van der Waals surface area contributed by atoms with Crippen LogP contribution in [0.25, 0.3) is 0 Å². The van der Waals surface area contributed by atoms with Gasteiger partial charge in [0.2, 0.25) is 5.91 Å². The highest BCUT2D eigenvalue weighted by atomic mass is 16.6. The van der Waals surface area contributed by atoms with Crippen LogP contribution in [0.4, 0.5) is 11.4 Å². The standard InChI is InChI=1S/C13H19N3O3/c1-8-5-6-9(10(7-8)16(18)19)15-12(17)11(14)13(2,3)4/h5-7,11H,14H2,1-4H3,(H,15,17)/t11-/m1/s1. The molecule has 1 atom stereocenters. The average molecular weight is 265 g/mol. The Labute approximate surface area is 112 Å². The number of nitrogens with zero attached hydrogens (tertiary/aromatic N) is 1. The summed E-state index contributed by atoms with van der Waals surface area (Å²) in [4.78, 5) is 22.4. The molecule has 0 radical (unpaired) electrons. The molecule has 19 heavy (non-hydrogen) atoms. The molecule has 0 heterocycles. The summed E-state index contributed by atoms with van der Waals surface area (Å²) in [5.41, 5.74) is 6.19. The maximum Gasteiger partial charge on any atom is 0.293 e. The summed E-state index contributed by atoms with van der Waals surface area (Å²) in [5.74, 6) is -0.431. The van der Waals surface area contributed by atoms with Crippen LogP contribution in [-0.4, -0.2) is 16.9 Å². The van der Waals surface area contributed by atoms with Crippen molar-refractivity contribution in [1.82, 2.24) is 0 Å². The van der Waals surface area contributed by atoms with Crippen LogP contribution >= 0.6 is 0 Å². The summed E-state index contributed by atoms with van der Waals surface area (Å²) in [5, 5.41) is 13.5. The minimum Gasteiger partial charge on any atom is -0.319 e. The predicted molar refractivity (Wildman–Crippen MR) is 73.9 cm³/mol. The Morgan fingerprint density at radius 3 is 2.47 bits per heavy atom. The van der Waals surface area contributed by atoms with E-state index in [0.29, 0.717) is 0 Å². The molecule has 1 aromatic carbocycles. The van der Waals surface area contributed by atoms with Gasteiger partial charge in [-0.25, -0.2) is 0 Å². The lowest BCUT2D eigenvalue weighted by molar-refractivity contribution is -0.384. The van der Waals surface area contributed by atoms with Crippen molar-refractivity contribution < 1.29 is 9.72 Å². The molecule has 0 aliphatic heterocycles. The summed E-state index contributed by atoms with van der Waals surface area (Å²) in [6.45, 7) is 7.25. The second kappa shape index (κ2) is 5.36. The van der Waals surface area contributed by atoms with Gasteiger partial charge in [0, 0.05) is 6.07 Å². The summed E-state index contributed by atoms with van der Waals surface area (Å²) in [7, 11) is 0. The second-order valence-corrected chi connectivity index (χ2v) is 5.61. The fourth-order valence-electron chi connectivity index (χ4n) is 1.50. The van der Waals surface area contributed by atoms with Gasteiger partial charge >= 0.3 is 0 Å². The highest BCUT2D eigenvalue weighted by Gasteiger charge is 2.28. The van der Waals surface area contributed by atoms with Gasteiger partial charge in [0.25, 0.3) is 5.69 Å². The molecular weight excluding hydrogens is 246 g/mol. The Balaban J connectivity index is 3.00. The molecule has 0 saturated carbocycles. The van der Waals surface area contributed by atoms with E-state index >= 15 is 0 Å². The molecular formula is C13H19N3O3. The van der Waals surface area contributed by atoms with Gasteiger partial charge in [-0.3, -0.25) is 14.9 Å². The van der Waals surface area contributed by atoms with Crippen LogP contribution in [0.2, 0.25) is 0 Å². The minimum absolute atomic E-state index is 0.130. The number of anilines is 1. The van der Waals surface area contributed by atoms with Crippen LogP contribution in [0, 0.1) is 22.5 Å². The first-order valence-electron chi connectivity index (χ1n) is 5.94. The number of hydrogen-bond acceptors (Lipinski definition) is 4. The van der Waals surface area contributed by atoms with Crippen molar-refractivity contribution in [3.8, 4) is 0 Å². The lowest BCUT2D eigenvalue weighted by Crippen LogP contribution is -2.45. The van der Waals surface area contributed by atoms with Crippen molar-refractivity contribution in [3.05, 3.63) is 33.9 Å². The fraction of sp³-hybridized carbons (Fsp3) is 0.462. The van der Waals surface area contributed by atoms with E-state index in [2.05, 4.69) is 5.32 Å². The maximum absolute atomic E-state index is 12.0. The van der Waals surface area contributed by atoms with Crippen molar-refractivity contribution >= 4 is 17.3 Å². The number of nitro benzene ring substituents is 1. The van der Waals surface area contributed by atoms with Gasteiger partial charge in [0.1, 0.15) is 5.69 Å². The number of rotatable bonds is 3. The van der Waals surface area contributed by atoms with E-state index in [4.69, 9.17) is 5.73 Å². The van der Waals surface area contributed by atoms with Crippen molar-refractivity contribution in [2.45, 2.75) is 33.7 Å². The van der Waals surface area contributed by atoms with Gasteiger partial charge in [-0.2, -0.15) is 0 Å². The molecule has 0 bridgehead atoms. The Bertz CT molecular complexity index is 506. The molecule has 1 amide bonds. The zero-order valence-electron chi connectivity index (χ0n) is 11.6. The van der Waals surface area contributed by atoms with Gasteiger partial charge in [-0.1, -0.05) is 26.8 Å². The van der Waals surface area contributed by atoms with Crippen LogP contribution in [0.1, 0.15) is 26.3 Å². The second-order valence-electron chi connectivity index (χ2n) is 5.61. The fourth-order valence-corrected chi connectivity index (χ4v) is 1.50. The van der Waals surface area contributed by atoms with Gasteiger partial charge in [-0.15, -0.1) is 0 Å². The number of nitrogens with one attached hydrogen (secondary N) is 1. The smallest absolute Gasteiger partial charge is 0.293 e. The van der Waals surface area contributed by atoms with Crippen molar-refractivity contribution in [1.29, 1.82) is 0 Å². The van der Waals surface area contributed by atoms with Gasteiger partial charge in [0.05, 0.1) is 11.0 Å². The molecule has 3 N–H and O–H groups in total. The van der Waals surface area contributed by atoms with E-state index in [-0.39, 0.29) is 11.4 Å². The number of carbonyl (C=O) groups excluding carboxylic acids is 1. The van der Waals surface area contributed by atoms with Crippen LogP contribution in [-0.2, 0) is 4.79 Å². The molecule has 1 rings (SSSR count). The van der Waals surface area contributed by atoms with Crippen LogP contribution in [0.15, 0.2) is 18.2 Å². The molecule has 0 aromatic heterocycles. The molecule has 104 valence electrons. The lowest BCUT2D eigenvalue weighted by atomic mass is 9.87. The first-order chi connectivity index (χ1) is 8.62. The quantitative estimate of drug-likeness (QED) is 0.646. The van der Waals surface area contributed by atoms with Crippen molar-refractivity contribution in [2.24, 2.45) is 11.1 Å². The number of carbonyl (C=O) groups is 1. The number of nitrogens with two attached hydrogens (primary N) is 1. The third kappa shape index (κ3) is 3.75. The molecule has 0 fully saturated rings. The number of benzene rings is 1. The summed E-state index contributed by atoms with van der Waals surface area (Å²) < 4.78 is 0. The van der Waals surface area contributed by atoms with Gasteiger partial charge in [0.15, 0.2) is 0 Å². The van der Waals surface area contributed by atoms with E-state index in [1.807, 2.05) is 20.8 Å². The third-order valence-corrected chi connectivity index (χ3v) is 2.82. The average Bonchev–Trinajstić information content (AvgIpc) is 2.28. The minimum atomic E-state index is -0.742. The monoisotopic (exact) mass is 265 g/mol. The molecule has 1 aromatic rings. The topological polar surface area (TPSA) is 98.3 Å². The Morgan fingerprint density at radius 2 is 2.00 bits per heavy atom. The molecule has 6 nitrogen and oxygen atoms in total. The first kappa shape index (κ1) is 15.1. The van der Waals surface area contributed by atoms with E-state index in [9.17, 15) is 14.9 Å². The Hall–Kier alpha value is -1.95. The zero-order valence-corrected chi connectivity index (χ0v) is 11.6. The highest BCUT2D eigenvalue weighted by molar-refractivity contribution is 5.97. The maximum atomic E-state index is 12.0. The number of nitro groups is 1. The van der Waals surface area contributed by atoms with E-state index in [0.717, 1.165) is 5.56 Å². The predicted octanol–water partition coefficient (Wildman–Crippen LogP) is 2.22. The van der Waals surface area contributed by atoms with Crippen LogP contribution in [0.5, 0.6) is 0 Å². The number of aryl methyl sites for hydroxylation is 1. The molecule has 0 aliphatic carbocycles. The van der Waals surface area contributed by atoms with Crippen LogP contribution < -0.4 is 11.1 Å². The summed E-state index contributed by atoms with van der Waals surface area (Å²) in [6.07, 6.45) is 0. The lowest BCUT2D eigenvalue weighted by Gasteiger charge is -2.25. The Kier molecular flexibility index (Phi) is 4.26. The number of hydrogen-bond donors (Lipinski definition) is 2. The Morgan fingerprint density at radius 1 is 1.42 bits per heavy atom. The van der Waals surface area contributed by atoms with E-state index in [1.165, 1.54) is 12.1 Å². The van der Waals surface area contributed by atoms with E-state index < -0.39 is 22.3 Å². The SMILES string of the molecule is Cc1ccc(NC(=O)[C@@H](N)C(C)(C)C)c([N+](=O)[O-])c1. The van der Waals surface area contributed by atoms with E-state index in [1.54, 1.807) is 13.0 Å². The summed E-state index contributed by atoms with van der Waals surface area (Å²) in [6, 6.07) is 3.89. The van der Waals surface area contributed by atoms with Gasteiger partial charge in [-0.05, 0) is 24.0 Å². The molecule has 6 heteroatoms. The number of amides is 1. The summed E-state index contributed by atoms with van der Waals surface area (Å²) >= 11 is 0. The molecule has 0 spiro atoms. The zero-order chi connectivity index (χ0) is 14.8. The molecule has 0 saturated heterocycles. The molecule has 0 unspecified atom stereocenters. The highest BCUT2D eigenvalue weighted by Crippen LogP contribution is 2.26. The third-order valence-electron chi connectivity index (χ3n) is 2.82. The normalized spacial score (nSPS) is 12.9. The van der Waals surface area contributed by atoms with Crippen molar-refractivity contribution in [2.75, 3.05) is 5.32 Å². The van der Waals surface area contributed by atoms with Crippen molar-refractivity contribution in [3.63, 3.8) is 0 Å².